The second-order valence-electron chi connectivity index (χ2n) is 6.00. The van der Waals surface area contributed by atoms with Gasteiger partial charge in [-0.15, -0.1) is 11.3 Å². The zero-order chi connectivity index (χ0) is 14.4. The van der Waals surface area contributed by atoms with E-state index in [1.807, 2.05) is 11.3 Å². The quantitative estimate of drug-likeness (QED) is 0.790. The highest BCUT2D eigenvalue weighted by atomic mass is 32.1. The van der Waals surface area contributed by atoms with Gasteiger partial charge in [-0.25, -0.2) is 0 Å². The lowest BCUT2D eigenvalue weighted by Crippen LogP contribution is -2.43. The molecule has 0 amide bonds. The molecule has 2 heterocycles. The first-order chi connectivity index (χ1) is 9.69. The van der Waals surface area contributed by atoms with E-state index in [2.05, 4.69) is 54.6 Å². The Balaban J connectivity index is 1.77. The minimum atomic E-state index is 0.546. The maximum atomic E-state index is 3.86. The van der Waals surface area contributed by atoms with Gasteiger partial charge in [-0.3, -0.25) is 4.90 Å². The summed E-state index contributed by atoms with van der Waals surface area (Å²) in [6.45, 7) is 10.2. The molecule has 1 aliphatic heterocycles. The molecule has 1 aromatic heterocycles. The third-order valence-corrected chi connectivity index (χ3v) is 5.06. The molecule has 0 bridgehead atoms. The van der Waals surface area contributed by atoms with E-state index in [-0.39, 0.29) is 0 Å². The molecule has 1 atom stereocenters. The van der Waals surface area contributed by atoms with E-state index in [1.54, 1.807) is 0 Å². The van der Waals surface area contributed by atoms with Crippen LogP contribution in [-0.2, 0) is 0 Å². The van der Waals surface area contributed by atoms with Gasteiger partial charge in [-0.05, 0) is 57.6 Å². The number of piperidine rings is 1. The minimum absolute atomic E-state index is 0.546. The molecule has 1 unspecified atom stereocenters. The van der Waals surface area contributed by atoms with Gasteiger partial charge >= 0.3 is 0 Å². The molecule has 0 radical (unpaired) electrons. The fourth-order valence-corrected chi connectivity index (χ4v) is 3.64. The number of nitrogens with zero attached hydrogens (tertiary/aromatic N) is 1. The van der Waals surface area contributed by atoms with Crippen LogP contribution in [-0.4, -0.2) is 30.6 Å². The van der Waals surface area contributed by atoms with Crippen LogP contribution in [0.2, 0.25) is 0 Å². The smallest absolute Gasteiger partial charge is 0.0414 e. The summed E-state index contributed by atoms with van der Waals surface area (Å²) in [4.78, 5) is 4.05. The summed E-state index contributed by atoms with van der Waals surface area (Å²) in [5, 5.41) is 6.04. The first-order valence-corrected chi connectivity index (χ1v) is 8.72. The molecule has 0 aromatic carbocycles. The summed E-state index contributed by atoms with van der Waals surface area (Å²) in [6, 6.07) is 5.65. The Bertz CT molecular complexity index is 399. The number of hydrogen-bond acceptors (Lipinski definition) is 3. The summed E-state index contributed by atoms with van der Waals surface area (Å²) in [6.07, 6.45) is 6.07. The summed E-state index contributed by atoms with van der Waals surface area (Å²) in [5.74, 6) is 0. The topological polar surface area (TPSA) is 15.3 Å². The molecule has 1 N–H and O–H groups in total. The van der Waals surface area contributed by atoms with Crippen LogP contribution in [0, 0.1) is 0 Å². The van der Waals surface area contributed by atoms with E-state index < -0.39 is 0 Å². The highest BCUT2D eigenvalue weighted by molar-refractivity contribution is 7.10. The normalized spacial score (nSPS) is 18.9. The Kier molecular flexibility index (Phi) is 6.27. The lowest BCUT2D eigenvalue weighted by Gasteiger charge is -2.33. The van der Waals surface area contributed by atoms with Crippen molar-refractivity contribution >= 4 is 11.3 Å². The third kappa shape index (κ3) is 4.72. The highest BCUT2D eigenvalue weighted by Crippen LogP contribution is 2.24. The molecular weight excluding hydrogens is 264 g/mol. The number of hydrogen-bond donors (Lipinski definition) is 1. The molecule has 112 valence electrons. The Morgan fingerprint density at radius 3 is 2.75 bits per heavy atom. The summed E-state index contributed by atoms with van der Waals surface area (Å²) in [5.41, 5.74) is 1.42. The SMILES string of the molecule is CCC(NC1CCN(CC=C(C)C)CC1)c1cccs1. The number of likely N-dealkylation sites (tertiary alicyclic amines) is 1. The minimum Gasteiger partial charge on any atom is -0.306 e. The van der Waals surface area contributed by atoms with E-state index in [0.717, 1.165) is 6.54 Å². The van der Waals surface area contributed by atoms with E-state index in [1.165, 1.54) is 42.8 Å². The van der Waals surface area contributed by atoms with Crippen molar-refractivity contribution in [3.05, 3.63) is 34.0 Å². The number of nitrogens with one attached hydrogen (secondary N) is 1. The third-order valence-electron chi connectivity index (χ3n) is 4.08. The Morgan fingerprint density at radius 1 is 1.45 bits per heavy atom. The fourth-order valence-electron chi connectivity index (χ4n) is 2.77. The predicted octanol–water partition coefficient (Wildman–Crippen LogP) is 4.22. The zero-order valence-corrected chi connectivity index (χ0v) is 13.9. The first kappa shape index (κ1) is 15.7. The average Bonchev–Trinajstić information content (AvgIpc) is 2.97. The van der Waals surface area contributed by atoms with Gasteiger partial charge in [-0.1, -0.05) is 24.6 Å². The summed E-state index contributed by atoms with van der Waals surface area (Å²) >= 11 is 1.88. The monoisotopic (exact) mass is 292 g/mol. The standard InChI is InChI=1S/C17H28N2S/c1-4-16(17-6-5-13-20-17)18-15-8-11-19(12-9-15)10-7-14(2)3/h5-7,13,15-16,18H,4,8-12H2,1-3H3. The molecule has 3 heteroatoms. The second-order valence-corrected chi connectivity index (χ2v) is 6.98. The van der Waals surface area contributed by atoms with Gasteiger partial charge in [0.2, 0.25) is 0 Å². The lowest BCUT2D eigenvalue weighted by atomic mass is 10.0. The van der Waals surface area contributed by atoms with Crippen LogP contribution >= 0.6 is 11.3 Å². The van der Waals surface area contributed by atoms with Crippen molar-refractivity contribution in [2.24, 2.45) is 0 Å². The van der Waals surface area contributed by atoms with Crippen molar-refractivity contribution in [2.75, 3.05) is 19.6 Å². The lowest BCUT2D eigenvalue weighted by molar-refractivity contribution is 0.206. The average molecular weight is 292 g/mol. The van der Waals surface area contributed by atoms with Crippen molar-refractivity contribution < 1.29 is 0 Å². The molecule has 2 nitrogen and oxygen atoms in total. The summed E-state index contributed by atoms with van der Waals surface area (Å²) in [7, 11) is 0. The first-order valence-electron chi connectivity index (χ1n) is 7.84. The fraction of sp³-hybridized carbons (Fsp3) is 0.647. The van der Waals surface area contributed by atoms with Gasteiger partial charge in [0.15, 0.2) is 0 Å². The van der Waals surface area contributed by atoms with Crippen LogP contribution in [0.5, 0.6) is 0 Å². The Hall–Kier alpha value is -0.640. The van der Waals surface area contributed by atoms with Crippen LogP contribution in [0.25, 0.3) is 0 Å². The predicted molar refractivity (Wildman–Crippen MR) is 89.4 cm³/mol. The number of allylic oxidation sites excluding steroid dienone is 1. The van der Waals surface area contributed by atoms with Crippen molar-refractivity contribution in [3.8, 4) is 0 Å². The van der Waals surface area contributed by atoms with Crippen LogP contribution in [0.1, 0.15) is 51.0 Å². The van der Waals surface area contributed by atoms with Crippen LogP contribution in [0.3, 0.4) is 0 Å². The molecule has 1 fully saturated rings. The van der Waals surface area contributed by atoms with E-state index in [0.29, 0.717) is 12.1 Å². The largest absolute Gasteiger partial charge is 0.306 e. The molecule has 20 heavy (non-hydrogen) atoms. The maximum Gasteiger partial charge on any atom is 0.0414 e. The van der Waals surface area contributed by atoms with E-state index in [9.17, 15) is 0 Å². The molecule has 2 rings (SSSR count). The summed E-state index contributed by atoms with van der Waals surface area (Å²) < 4.78 is 0. The van der Waals surface area contributed by atoms with Gasteiger partial charge < -0.3 is 5.32 Å². The van der Waals surface area contributed by atoms with Gasteiger partial charge in [0.25, 0.3) is 0 Å². The molecule has 0 saturated carbocycles. The molecule has 1 saturated heterocycles. The van der Waals surface area contributed by atoms with Gasteiger partial charge in [0.05, 0.1) is 0 Å². The molecule has 1 aliphatic rings. The Morgan fingerprint density at radius 2 is 2.20 bits per heavy atom. The van der Waals surface area contributed by atoms with E-state index in [4.69, 9.17) is 0 Å². The molecule has 0 spiro atoms. The van der Waals surface area contributed by atoms with Crippen molar-refractivity contribution in [3.63, 3.8) is 0 Å². The number of thiophene rings is 1. The van der Waals surface area contributed by atoms with E-state index >= 15 is 0 Å². The molecular formula is C17H28N2S. The van der Waals surface area contributed by atoms with Gasteiger partial charge in [0, 0.05) is 23.5 Å². The van der Waals surface area contributed by atoms with Crippen molar-refractivity contribution in [2.45, 2.75) is 52.1 Å². The molecule has 0 aliphatic carbocycles. The van der Waals surface area contributed by atoms with Crippen LogP contribution < -0.4 is 5.32 Å². The van der Waals surface area contributed by atoms with Gasteiger partial charge in [0.1, 0.15) is 0 Å². The van der Waals surface area contributed by atoms with Crippen molar-refractivity contribution in [1.82, 2.24) is 10.2 Å². The zero-order valence-electron chi connectivity index (χ0n) is 13.1. The van der Waals surface area contributed by atoms with Crippen LogP contribution in [0.15, 0.2) is 29.2 Å². The molecule has 1 aromatic rings. The van der Waals surface area contributed by atoms with Crippen molar-refractivity contribution in [1.29, 1.82) is 0 Å². The van der Waals surface area contributed by atoms with Gasteiger partial charge in [-0.2, -0.15) is 0 Å². The Labute approximate surface area is 127 Å². The maximum absolute atomic E-state index is 3.86. The number of rotatable bonds is 6. The second kappa shape index (κ2) is 7.96. The van der Waals surface area contributed by atoms with Crippen LogP contribution in [0.4, 0.5) is 0 Å². The highest BCUT2D eigenvalue weighted by Gasteiger charge is 2.21.